The minimum Gasteiger partial charge on any atom is -0.369 e. The lowest BCUT2D eigenvalue weighted by Crippen LogP contribution is -2.24. The van der Waals surface area contributed by atoms with E-state index in [9.17, 15) is 8.78 Å². The van der Waals surface area contributed by atoms with E-state index in [4.69, 9.17) is 5.26 Å². The molecule has 1 saturated heterocycles. The third-order valence-electron chi connectivity index (χ3n) is 4.65. The molecule has 0 amide bonds. The number of aromatic nitrogens is 4. The van der Waals surface area contributed by atoms with Gasteiger partial charge in [0.25, 0.3) is 6.43 Å². The Morgan fingerprint density at radius 3 is 3.04 bits per heavy atom. The van der Waals surface area contributed by atoms with Gasteiger partial charge in [-0.2, -0.15) is 15.3 Å². The van der Waals surface area contributed by atoms with Crippen molar-refractivity contribution in [3.05, 3.63) is 24.2 Å². The molecular formula is C18H24F2N8. The van der Waals surface area contributed by atoms with Crippen molar-refractivity contribution in [3.8, 4) is 6.07 Å². The van der Waals surface area contributed by atoms with Gasteiger partial charge in [0, 0.05) is 44.0 Å². The van der Waals surface area contributed by atoms with Crippen LogP contribution in [0.3, 0.4) is 0 Å². The standard InChI is InChI=1S/C18H24F2N8/c1-13-7-23-18(25-15-9-24-28(11-15)12-16(19)20)26-17(13)22-8-14-3-6-27(10-14)5-2-4-21/h7,9,11,14,16H,2-3,5-6,8,10,12H2,1H3,(H2,22,23,25,26). The molecule has 1 unspecified atom stereocenters. The van der Waals surface area contributed by atoms with Crippen LogP contribution in [0.25, 0.3) is 0 Å². The maximum absolute atomic E-state index is 12.4. The van der Waals surface area contributed by atoms with Gasteiger partial charge in [-0.3, -0.25) is 4.68 Å². The summed E-state index contributed by atoms with van der Waals surface area (Å²) in [5.41, 5.74) is 1.48. The Morgan fingerprint density at radius 2 is 2.25 bits per heavy atom. The molecule has 10 heteroatoms. The predicted octanol–water partition coefficient (Wildman–Crippen LogP) is 2.64. The number of rotatable bonds is 9. The monoisotopic (exact) mass is 390 g/mol. The summed E-state index contributed by atoms with van der Waals surface area (Å²) in [7, 11) is 0. The van der Waals surface area contributed by atoms with Crippen molar-refractivity contribution < 1.29 is 8.78 Å². The second-order valence-electron chi connectivity index (χ2n) is 6.94. The van der Waals surface area contributed by atoms with Crippen LogP contribution in [0.15, 0.2) is 18.6 Å². The Kier molecular flexibility index (Phi) is 6.71. The molecule has 3 heterocycles. The first kappa shape index (κ1) is 19.9. The van der Waals surface area contributed by atoms with Crippen LogP contribution in [-0.4, -0.2) is 57.3 Å². The molecule has 3 rings (SSSR count). The fourth-order valence-corrected chi connectivity index (χ4v) is 3.21. The third kappa shape index (κ3) is 5.60. The number of halogens is 2. The van der Waals surface area contributed by atoms with Crippen molar-refractivity contribution in [3.63, 3.8) is 0 Å². The van der Waals surface area contributed by atoms with E-state index in [-0.39, 0.29) is 0 Å². The quantitative estimate of drug-likeness (QED) is 0.680. The Balaban J connectivity index is 1.55. The minimum atomic E-state index is -2.45. The first-order valence-electron chi connectivity index (χ1n) is 9.28. The van der Waals surface area contributed by atoms with Gasteiger partial charge >= 0.3 is 0 Å². The van der Waals surface area contributed by atoms with Gasteiger partial charge in [0.1, 0.15) is 12.4 Å². The second kappa shape index (κ2) is 9.41. The number of anilines is 3. The summed E-state index contributed by atoms with van der Waals surface area (Å²) in [4.78, 5) is 11.0. The normalized spacial score (nSPS) is 17.0. The number of nitrogens with one attached hydrogen (secondary N) is 2. The van der Waals surface area contributed by atoms with Gasteiger partial charge in [-0.15, -0.1) is 0 Å². The van der Waals surface area contributed by atoms with Crippen LogP contribution in [0.2, 0.25) is 0 Å². The molecule has 28 heavy (non-hydrogen) atoms. The summed E-state index contributed by atoms with van der Waals surface area (Å²) < 4.78 is 26.0. The molecular weight excluding hydrogens is 366 g/mol. The van der Waals surface area contributed by atoms with Gasteiger partial charge in [-0.25, -0.2) is 13.8 Å². The minimum absolute atomic E-state index is 0.381. The van der Waals surface area contributed by atoms with E-state index in [0.29, 0.717) is 24.0 Å². The van der Waals surface area contributed by atoms with E-state index in [1.807, 2.05) is 6.92 Å². The summed E-state index contributed by atoms with van der Waals surface area (Å²) in [6, 6.07) is 2.19. The number of aryl methyl sites for hydroxylation is 1. The number of hydrogen-bond donors (Lipinski definition) is 2. The van der Waals surface area contributed by atoms with Crippen molar-refractivity contribution in [2.24, 2.45) is 5.92 Å². The van der Waals surface area contributed by atoms with Crippen LogP contribution in [0.5, 0.6) is 0 Å². The third-order valence-corrected chi connectivity index (χ3v) is 4.65. The van der Waals surface area contributed by atoms with Gasteiger partial charge in [0.15, 0.2) is 0 Å². The van der Waals surface area contributed by atoms with Gasteiger partial charge in [0.05, 0.1) is 18.0 Å². The highest BCUT2D eigenvalue weighted by Crippen LogP contribution is 2.20. The lowest BCUT2D eigenvalue weighted by molar-refractivity contribution is 0.122. The van der Waals surface area contributed by atoms with Crippen LogP contribution in [0, 0.1) is 24.2 Å². The molecule has 1 aliphatic heterocycles. The highest BCUT2D eigenvalue weighted by Gasteiger charge is 2.22. The Labute approximate surface area is 162 Å². The average molecular weight is 390 g/mol. The summed E-state index contributed by atoms with van der Waals surface area (Å²) in [5.74, 6) is 1.64. The van der Waals surface area contributed by atoms with E-state index in [2.05, 4.69) is 36.7 Å². The van der Waals surface area contributed by atoms with E-state index in [1.54, 1.807) is 6.20 Å². The lowest BCUT2D eigenvalue weighted by atomic mass is 10.1. The predicted molar refractivity (Wildman–Crippen MR) is 102 cm³/mol. The lowest BCUT2D eigenvalue weighted by Gasteiger charge is -2.16. The topological polar surface area (TPSA) is 94.7 Å². The zero-order valence-electron chi connectivity index (χ0n) is 15.8. The van der Waals surface area contributed by atoms with Crippen molar-refractivity contribution in [2.75, 3.05) is 36.8 Å². The number of hydrogen-bond acceptors (Lipinski definition) is 7. The van der Waals surface area contributed by atoms with Crippen molar-refractivity contribution >= 4 is 17.5 Å². The van der Waals surface area contributed by atoms with Gasteiger partial charge in [0.2, 0.25) is 5.95 Å². The summed E-state index contributed by atoms with van der Waals surface area (Å²) in [5, 5.41) is 19.0. The van der Waals surface area contributed by atoms with Crippen LogP contribution < -0.4 is 10.6 Å². The Morgan fingerprint density at radius 1 is 1.39 bits per heavy atom. The number of nitrogens with zero attached hydrogens (tertiary/aromatic N) is 6. The van der Waals surface area contributed by atoms with Crippen molar-refractivity contribution in [1.29, 1.82) is 5.26 Å². The molecule has 8 nitrogen and oxygen atoms in total. The van der Waals surface area contributed by atoms with Crippen LogP contribution in [0.4, 0.5) is 26.2 Å². The van der Waals surface area contributed by atoms with Gasteiger partial charge in [-0.05, 0) is 25.8 Å². The van der Waals surface area contributed by atoms with E-state index < -0.39 is 13.0 Å². The highest BCUT2D eigenvalue weighted by atomic mass is 19.3. The molecule has 0 aliphatic carbocycles. The number of alkyl halides is 2. The largest absolute Gasteiger partial charge is 0.369 e. The molecule has 1 aliphatic rings. The Bertz CT molecular complexity index is 816. The highest BCUT2D eigenvalue weighted by molar-refractivity contribution is 5.54. The van der Waals surface area contributed by atoms with Gasteiger partial charge < -0.3 is 15.5 Å². The van der Waals surface area contributed by atoms with Gasteiger partial charge in [-0.1, -0.05) is 0 Å². The van der Waals surface area contributed by atoms with Crippen LogP contribution >= 0.6 is 0 Å². The maximum Gasteiger partial charge on any atom is 0.257 e. The van der Waals surface area contributed by atoms with E-state index >= 15 is 0 Å². The molecule has 1 atom stereocenters. The second-order valence-corrected chi connectivity index (χ2v) is 6.94. The zero-order chi connectivity index (χ0) is 19.9. The zero-order valence-corrected chi connectivity index (χ0v) is 15.8. The van der Waals surface area contributed by atoms with E-state index in [1.165, 1.54) is 17.1 Å². The molecule has 2 N–H and O–H groups in total. The first-order chi connectivity index (χ1) is 13.5. The molecule has 0 bridgehead atoms. The summed E-state index contributed by atoms with van der Waals surface area (Å²) >= 11 is 0. The number of nitriles is 1. The fraction of sp³-hybridized carbons (Fsp3) is 0.556. The molecule has 2 aromatic rings. The van der Waals surface area contributed by atoms with Crippen molar-refractivity contribution in [2.45, 2.75) is 32.7 Å². The molecule has 2 aromatic heterocycles. The number of likely N-dealkylation sites (tertiary alicyclic amines) is 1. The molecule has 150 valence electrons. The Hall–Kier alpha value is -2.80. The van der Waals surface area contributed by atoms with E-state index in [0.717, 1.165) is 44.0 Å². The first-order valence-corrected chi connectivity index (χ1v) is 9.28. The molecule has 0 saturated carbocycles. The van der Waals surface area contributed by atoms with Crippen molar-refractivity contribution in [1.82, 2.24) is 24.6 Å². The molecule has 0 aromatic carbocycles. The molecule has 1 fully saturated rings. The van der Waals surface area contributed by atoms with Crippen LogP contribution in [0.1, 0.15) is 18.4 Å². The summed E-state index contributed by atoms with van der Waals surface area (Å²) in [6.45, 7) is 5.11. The SMILES string of the molecule is Cc1cnc(Nc2cnn(CC(F)F)c2)nc1NCC1CCN(CCC#N)C1. The smallest absolute Gasteiger partial charge is 0.257 e. The summed E-state index contributed by atoms with van der Waals surface area (Å²) in [6.07, 6.45) is 3.88. The molecule has 0 spiro atoms. The van der Waals surface area contributed by atoms with Crippen LogP contribution in [-0.2, 0) is 6.54 Å². The fourth-order valence-electron chi connectivity index (χ4n) is 3.21. The maximum atomic E-state index is 12.4. The molecule has 0 radical (unpaired) electrons. The average Bonchev–Trinajstić information content (AvgIpc) is 3.29.